The highest BCUT2D eigenvalue weighted by molar-refractivity contribution is 5.85. The first-order valence-corrected chi connectivity index (χ1v) is 7.24. The van der Waals surface area contributed by atoms with Gasteiger partial charge in [0.25, 0.3) is 0 Å². The third-order valence-electron chi connectivity index (χ3n) is 4.33. The topological polar surface area (TPSA) is 15.3 Å². The van der Waals surface area contributed by atoms with Gasteiger partial charge in [-0.15, -0.1) is 12.4 Å². The average Bonchev–Trinajstić information content (AvgIpc) is 3.14. The van der Waals surface area contributed by atoms with Crippen molar-refractivity contribution in [2.75, 3.05) is 19.6 Å². The molecule has 0 aromatic heterocycles. The maximum Gasteiger partial charge on any atom is 0.0236 e. The highest BCUT2D eigenvalue weighted by Gasteiger charge is 2.36. The van der Waals surface area contributed by atoms with E-state index in [9.17, 15) is 0 Å². The van der Waals surface area contributed by atoms with Crippen molar-refractivity contribution in [2.24, 2.45) is 5.41 Å². The minimum Gasteiger partial charge on any atom is -0.316 e. The molecule has 1 atom stereocenters. The summed E-state index contributed by atoms with van der Waals surface area (Å²) in [6.45, 7) is 7.19. The summed E-state index contributed by atoms with van der Waals surface area (Å²) < 4.78 is 0. The molecule has 1 aromatic rings. The van der Waals surface area contributed by atoms with Crippen molar-refractivity contribution in [3.05, 3.63) is 35.9 Å². The fraction of sp³-hybridized carbons (Fsp3) is 0.625. The van der Waals surface area contributed by atoms with E-state index in [-0.39, 0.29) is 12.4 Å². The lowest BCUT2D eigenvalue weighted by Gasteiger charge is -2.32. The van der Waals surface area contributed by atoms with E-state index in [1.807, 2.05) is 0 Å². The van der Waals surface area contributed by atoms with Crippen LogP contribution in [0.4, 0.5) is 0 Å². The molecule has 0 amide bonds. The van der Waals surface area contributed by atoms with Gasteiger partial charge in [-0.1, -0.05) is 37.3 Å². The van der Waals surface area contributed by atoms with Crippen LogP contribution in [0.25, 0.3) is 0 Å². The van der Waals surface area contributed by atoms with Crippen LogP contribution in [-0.2, 0) is 6.54 Å². The number of hydrogen-bond donors (Lipinski definition) is 1. The van der Waals surface area contributed by atoms with Gasteiger partial charge in [-0.25, -0.2) is 0 Å². The van der Waals surface area contributed by atoms with E-state index in [1.165, 1.54) is 44.5 Å². The molecule has 1 aliphatic heterocycles. The van der Waals surface area contributed by atoms with Crippen LogP contribution in [0.5, 0.6) is 0 Å². The first-order chi connectivity index (χ1) is 8.75. The Morgan fingerprint density at radius 3 is 2.58 bits per heavy atom. The molecule has 1 N–H and O–H groups in total. The molecule has 19 heavy (non-hydrogen) atoms. The highest BCUT2D eigenvalue weighted by Crippen LogP contribution is 2.34. The van der Waals surface area contributed by atoms with Crippen LogP contribution >= 0.6 is 12.4 Å². The van der Waals surface area contributed by atoms with E-state index in [4.69, 9.17) is 0 Å². The van der Waals surface area contributed by atoms with Gasteiger partial charge in [-0.2, -0.15) is 0 Å². The second-order valence-electron chi connectivity index (χ2n) is 6.36. The quantitative estimate of drug-likeness (QED) is 0.892. The molecule has 106 valence electrons. The summed E-state index contributed by atoms with van der Waals surface area (Å²) in [4.78, 5) is 2.71. The van der Waals surface area contributed by atoms with Crippen molar-refractivity contribution in [3.8, 4) is 0 Å². The Morgan fingerprint density at radius 2 is 2.00 bits per heavy atom. The summed E-state index contributed by atoms with van der Waals surface area (Å²) in [6, 6.07) is 11.8. The van der Waals surface area contributed by atoms with E-state index >= 15 is 0 Å². The number of rotatable bonds is 5. The van der Waals surface area contributed by atoms with Gasteiger partial charge in [-0.3, -0.25) is 4.90 Å². The van der Waals surface area contributed by atoms with Crippen LogP contribution in [0.1, 0.15) is 31.7 Å². The Labute approximate surface area is 123 Å². The van der Waals surface area contributed by atoms with Gasteiger partial charge < -0.3 is 5.32 Å². The van der Waals surface area contributed by atoms with E-state index in [1.54, 1.807) is 0 Å². The summed E-state index contributed by atoms with van der Waals surface area (Å²) in [7, 11) is 0. The fourth-order valence-electron chi connectivity index (χ4n) is 3.07. The van der Waals surface area contributed by atoms with Gasteiger partial charge >= 0.3 is 0 Å². The molecule has 0 radical (unpaired) electrons. The number of nitrogens with one attached hydrogen (secondary N) is 1. The third-order valence-corrected chi connectivity index (χ3v) is 4.33. The van der Waals surface area contributed by atoms with Gasteiger partial charge in [0.05, 0.1) is 0 Å². The third kappa shape index (κ3) is 3.95. The monoisotopic (exact) mass is 280 g/mol. The average molecular weight is 281 g/mol. The molecule has 1 saturated carbocycles. The van der Waals surface area contributed by atoms with Crippen LogP contribution in [-0.4, -0.2) is 30.6 Å². The van der Waals surface area contributed by atoms with Crippen LogP contribution in [0, 0.1) is 5.41 Å². The normalized spacial score (nSPS) is 26.4. The molecule has 3 heteroatoms. The summed E-state index contributed by atoms with van der Waals surface area (Å²) >= 11 is 0. The number of hydrogen-bond acceptors (Lipinski definition) is 2. The zero-order chi connectivity index (χ0) is 12.4. The minimum atomic E-state index is 0. The molecular weight excluding hydrogens is 256 g/mol. The van der Waals surface area contributed by atoms with Crippen LogP contribution in [0.15, 0.2) is 30.3 Å². The number of halogens is 1. The lowest BCUT2D eigenvalue weighted by atomic mass is 9.89. The van der Waals surface area contributed by atoms with Gasteiger partial charge in [-0.05, 0) is 36.8 Å². The van der Waals surface area contributed by atoms with Crippen molar-refractivity contribution < 1.29 is 0 Å². The Kier molecular flexibility index (Phi) is 4.88. The van der Waals surface area contributed by atoms with Gasteiger partial charge in [0.15, 0.2) is 0 Å². The molecule has 2 fully saturated rings. The second kappa shape index (κ2) is 6.25. The molecule has 1 unspecified atom stereocenters. The van der Waals surface area contributed by atoms with Crippen molar-refractivity contribution in [1.29, 1.82) is 0 Å². The maximum atomic E-state index is 3.51. The Morgan fingerprint density at radius 1 is 1.26 bits per heavy atom. The number of nitrogens with zero attached hydrogens (tertiary/aromatic N) is 1. The Balaban J connectivity index is 0.00000133. The standard InChI is InChI=1S/C16H24N2.ClH/c1-16(9-10-17-12-16)13-18(15-7-8-15)11-14-5-3-2-4-6-14;/h2-6,15,17H,7-13H2,1H3;1H. The lowest BCUT2D eigenvalue weighted by Crippen LogP contribution is -2.38. The zero-order valence-electron chi connectivity index (χ0n) is 11.8. The SMILES string of the molecule is CC1(CN(Cc2ccccc2)C2CC2)CCNC1.Cl. The molecule has 2 nitrogen and oxygen atoms in total. The molecule has 1 saturated heterocycles. The summed E-state index contributed by atoms with van der Waals surface area (Å²) in [5, 5.41) is 3.51. The van der Waals surface area contributed by atoms with Crippen molar-refractivity contribution in [3.63, 3.8) is 0 Å². The lowest BCUT2D eigenvalue weighted by molar-refractivity contribution is 0.162. The molecule has 0 spiro atoms. The van der Waals surface area contributed by atoms with Crippen LogP contribution < -0.4 is 5.32 Å². The molecular formula is C16H25ClN2. The maximum absolute atomic E-state index is 3.51. The Bertz CT molecular complexity index is 383. The first kappa shape index (κ1) is 14.8. The Hall–Kier alpha value is -0.570. The van der Waals surface area contributed by atoms with Crippen molar-refractivity contribution in [1.82, 2.24) is 10.2 Å². The van der Waals surface area contributed by atoms with Crippen LogP contribution in [0.3, 0.4) is 0 Å². The van der Waals surface area contributed by atoms with E-state index < -0.39 is 0 Å². The zero-order valence-corrected chi connectivity index (χ0v) is 12.6. The van der Waals surface area contributed by atoms with E-state index in [2.05, 4.69) is 47.5 Å². The van der Waals surface area contributed by atoms with E-state index in [0.717, 1.165) is 12.6 Å². The number of benzene rings is 1. The summed E-state index contributed by atoms with van der Waals surface area (Å²) in [5.41, 5.74) is 1.94. The smallest absolute Gasteiger partial charge is 0.0236 e. The largest absolute Gasteiger partial charge is 0.316 e. The molecule has 1 heterocycles. The fourth-order valence-corrected chi connectivity index (χ4v) is 3.07. The minimum absolute atomic E-state index is 0. The molecule has 1 aliphatic carbocycles. The van der Waals surface area contributed by atoms with Crippen LogP contribution in [0.2, 0.25) is 0 Å². The molecule has 3 rings (SSSR count). The molecule has 1 aromatic carbocycles. The van der Waals surface area contributed by atoms with Crippen molar-refractivity contribution in [2.45, 2.75) is 38.8 Å². The highest BCUT2D eigenvalue weighted by atomic mass is 35.5. The van der Waals surface area contributed by atoms with Gasteiger partial charge in [0, 0.05) is 25.7 Å². The summed E-state index contributed by atoms with van der Waals surface area (Å²) in [6.07, 6.45) is 4.12. The predicted molar refractivity (Wildman–Crippen MR) is 82.7 cm³/mol. The second-order valence-corrected chi connectivity index (χ2v) is 6.36. The predicted octanol–water partition coefficient (Wildman–Crippen LogP) is 3.07. The van der Waals surface area contributed by atoms with Gasteiger partial charge in [0.1, 0.15) is 0 Å². The molecule has 2 aliphatic rings. The van der Waals surface area contributed by atoms with E-state index in [0.29, 0.717) is 5.41 Å². The molecule has 0 bridgehead atoms. The van der Waals surface area contributed by atoms with Gasteiger partial charge in [0.2, 0.25) is 0 Å². The first-order valence-electron chi connectivity index (χ1n) is 7.24. The summed E-state index contributed by atoms with van der Waals surface area (Å²) in [5.74, 6) is 0. The van der Waals surface area contributed by atoms with Crippen molar-refractivity contribution >= 4 is 12.4 Å².